The maximum absolute atomic E-state index is 11.8. The van der Waals surface area contributed by atoms with E-state index in [1.165, 1.54) is 18.5 Å². The molecule has 0 radical (unpaired) electrons. The fourth-order valence-electron chi connectivity index (χ4n) is 1.49. The smallest absolute Gasteiger partial charge is 0.326 e. The van der Waals surface area contributed by atoms with Gasteiger partial charge in [0.25, 0.3) is 5.91 Å². The molecule has 0 aromatic carbocycles. The van der Waals surface area contributed by atoms with E-state index in [-0.39, 0.29) is 17.2 Å². The van der Waals surface area contributed by atoms with Gasteiger partial charge in [-0.15, -0.1) is 0 Å². The summed E-state index contributed by atoms with van der Waals surface area (Å²) in [6.07, 6.45) is 2.80. The third-order valence-electron chi connectivity index (χ3n) is 2.30. The number of aromatic hydroxyl groups is 1. The van der Waals surface area contributed by atoms with E-state index >= 15 is 0 Å². The van der Waals surface area contributed by atoms with Gasteiger partial charge in [0.15, 0.2) is 0 Å². The molecule has 18 heavy (non-hydrogen) atoms. The topological polar surface area (TPSA) is 99.5 Å². The van der Waals surface area contributed by atoms with Crippen LogP contribution in [0.5, 0.6) is 5.75 Å². The summed E-state index contributed by atoms with van der Waals surface area (Å²) in [4.78, 5) is 26.4. The van der Waals surface area contributed by atoms with E-state index in [0.717, 1.165) is 0 Å². The molecule has 98 valence electrons. The van der Waals surface area contributed by atoms with Crippen LogP contribution in [0.25, 0.3) is 0 Å². The fraction of sp³-hybridized carbons (Fsp3) is 0.417. The molecule has 0 spiro atoms. The van der Waals surface area contributed by atoms with E-state index in [4.69, 9.17) is 5.11 Å². The van der Waals surface area contributed by atoms with E-state index in [0.29, 0.717) is 6.42 Å². The lowest BCUT2D eigenvalue weighted by molar-refractivity contribution is -0.139. The molecular weight excluding hydrogens is 236 g/mol. The van der Waals surface area contributed by atoms with Crippen LogP contribution in [-0.4, -0.2) is 33.1 Å². The van der Waals surface area contributed by atoms with Gasteiger partial charge in [0.1, 0.15) is 11.8 Å². The van der Waals surface area contributed by atoms with Crippen LogP contribution in [0.15, 0.2) is 18.5 Å². The lowest BCUT2D eigenvalue weighted by atomic mass is 10.0. The average molecular weight is 252 g/mol. The van der Waals surface area contributed by atoms with Crippen LogP contribution >= 0.6 is 0 Å². The minimum Gasteiger partial charge on any atom is -0.506 e. The number of rotatable bonds is 5. The predicted octanol–water partition coefficient (Wildman–Crippen LogP) is 1.02. The Morgan fingerprint density at radius 2 is 2.06 bits per heavy atom. The van der Waals surface area contributed by atoms with Crippen LogP contribution in [0.1, 0.15) is 30.6 Å². The normalized spacial score (nSPS) is 12.2. The summed E-state index contributed by atoms with van der Waals surface area (Å²) in [5, 5.41) is 20.6. The lowest BCUT2D eigenvalue weighted by Gasteiger charge is -2.16. The molecule has 3 N–H and O–H groups in total. The van der Waals surface area contributed by atoms with Crippen molar-refractivity contribution < 1.29 is 19.8 Å². The maximum atomic E-state index is 11.8. The Morgan fingerprint density at radius 1 is 1.39 bits per heavy atom. The number of pyridine rings is 1. The minimum absolute atomic E-state index is 0.130. The van der Waals surface area contributed by atoms with Crippen molar-refractivity contribution in [1.82, 2.24) is 10.3 Å². The zero-order valence-electron chi connectivity index (χ0n) is 10.3. The van der Waals surface area contributed by atoms with Crippen LogP contribution in [0, 0.1) is 5.92 Å². The van der Waals surface area contributed by atoms with Crippen molar-refractivity contribution in [3.05, 3.63) is 24.0 Å². The Hall–Kier alpha value is -2.11. The molecular formula is C12H16N2O4. The van der Waals surface area contributed by atoms with Gasteiger partial charge in [0.2, 0.25) is 0 Å². The lowest BCUT2D eigenvalue weighted by Crippen LogP contribution is -2.41. The highest BCUT2D eigenvalue weighted by atomic mass is 16.4. The first-order chi connectivity index (χ1) is 8.40. The second-order valence-corrected chi connectivity index (χ2v) is 4.43. The number of amides is 1. The molecule has 6 heteroatoms. The zero-order valence-corrected chi connectivity index (χ0v) is 10.3. The number of carbonyl (C=O) groups is 2. The van der Waals surface area contributed by atoms with Crippen LogP contribution in [0.2, 0.25) is 0 Å². The molecule has 1 aromatic rings. The first-order valence-corrected chi connectivity index (χ1v) is 5.58. The predicted molar refractivity (Wildman–Crippen MR) is 64.2 cm³/mol. The van der Waals surface area contributed by atoms with Gasteiger partial charge in [-0.2, -0.15) is 0 Å². The molecule has 0 saturated carbocycles. The Bertz CT molecular complexity index is 445. The molecule has 1 unspecified atom stereocenters. The summed E-state index contributed by atoms with van der Waals surface area (Å²) in [5.41, 5.74) is 0.130. The summed E-state index contributed by atoms with van der Waals surface area (Å²) in [5.74, 6) is -1.64. The Balaban J connectivity index is 2.75. The number of carboxylic acid groups (broad SMARTS) is 1. The standard InChI is InChI=1S/C12H16N2O4/c1-7(2)3-10(12(17)18)14-11(16)8-4-9(15)6-13-5-8/h4-7,10,15H,3H2,1-2H3,(H,14,16)(H,17,18). The summed E-state index contributed by atoms with van der Waals surface area (Å²) >= 11 is 0. The van der Waals surface area contributed by atoms with Crippen molar-refractivity contribution in [2.24, 2.45) is 5.92 Å². The van der Waals surface area contributed by atoms with Crippen molar-refractivity contribution in [3.63, 3.8) is 0 Å². The average Bonchev–Trinajstić information content (AvgIpc) is 2.27. The Kier molecular flexibility index (Phi) is 4.65. The first kappa shape index (κ1) is 14.0. The third kappa shape index (κ3) is 4.04. The number of nitrogens with zero attached hydrogens (tertiary/aromatic N) is 1. The summed E-state index contributed by atoms with van der Waals surface area (Å²) in [6, 6.07) is 0.288. The molecule has 0 aliphatic rings. The van der Waals surface area contributed by atoms with Gasteiger partial charge in [-0.3, -0.25) is 9.78 Å². The number of aliphatic carboxylic acids is 1. The fourth-order valence-corrected chi connectivity index (χ4v) is 1.49. The van der Waals surface area contributed by atoms with E-state index < -0.39 is 17.9 Å². The quantitative estimate of drug-likeness (QED) is 0.726. The molecule has 1 rings (SSSR count). The minimum atomic E-state index is -1.08. The zero-order chi connectivity index (χ0) is 13.7. The number of nitrogens with one attached hydrogen (secondary N) is 1. The number of hydrogen-bond acceptors (Lipinski definition) is 4. The molecule has 1 heterocycles. The molecule has 0 aliphatic heterocycles. The number of aromatic nitrogens is 1. The van der Waals surface area contributed by atoms with E-state index in [1.54, 1.807) is 0 Å². The van der Waals surface area contributed by atoms with Crippen molar-refractivity contribution in [2.45, 2.75) is 26.3 Å². The SMILES string of the molecule is CC(C)CC(NC(=O)c1cncc(O)c1)C(=O)O. The number of hydrogen-bond donors (Lipinski definition) is 3. The summed E-state index contributed by atoms with van der Waals surface area (Å²) < 4.78 is 0. The second kappa shape index (κ2) is 6.00. The van der Waals surface area contributed by atoms with Crippen molar-refractivity contribution in [1.29, 1.82) is 0 Å². The van der Waals surface area contributed by atoms with Crippen LogP contribution < -0.4 is 5.32 Å². The van der Waals surface area contributed by atoms with Crippen LogP contribution in [0.3, 0.4) is 0 Å². The monoisotopic (exact) mass is 252 g/mol. The van der Waals surface area contributed by atoms with Gasteiger partial charge < -0.3 is 15.5 Å². The Morgan fingerprint density at radius 3 is 2.56 bits per heavy atom. The highest BCUT2D eigenvalue weighted by molar-refractivity contribution is 5.96. The Labute approximate surface area is 105 Å². The first-order valence-electron chi connectivity index (χ1n) is 5.58. The van der Waals surface area contributed by atoms with Crippen LogP contribution in [-0.2, 0) is 4.79 Å². The second-order valence-electron chi connectivity index (χ2n) is 4.43. The molecule has 0 aliphatic carbocycles. The maximum Gasteiger partial charge on any atom is 0.326 e. The van der Waals surface area contributed by atoms with Crippen molar-refractivity contribution >= 4 is 11.9 Å². The summed E-state index contributed by atoms with van der Waals surface area (Å²) in [6.45, 7) is 3.75. The number of carbonyl (C=O) groups excluding carboxylic acids is 1. The largest absolute Gasteiger partial charge is 0.506 e. The summed E-state index contributed by atoms with van der Waals surface area (Å²) in [7, 11) is 0. The molecule has 0 bridgehead atoms. The van der Waals surface area contributed by atoms with Crippen LogP contribution in [0.4, 0.5) is 0 Å². The van der Waals surface area contributed by atoms with E-state index in [9.17, 15) is 14.7 Å². The molecule has 1 aromatic heterocycles. The third-order valence-corrected chi connectivity index (χ3v) is 2.30. The molecule has 1 atom stereocenters. The molecule has 0 fully saturated rings. The van der Waals surface area contributed by atoms with Gasteiger partial charge in [0, 0.05) is 6.20 Å². The van der Waals surface area contributed by atoms with E-state index in [1.807, 2.05) is 13.8 Å². The highest BCUT2D eigenvalue weighted by Gasteiger charge is 2.21. The highest BCUT2D eigenvalue weighted by Crippen LogP contribution is 2.10. The van der Waals surface area contributed by atoms with Gasteiger partial charge in [-0.25, -0.2) is 4.79 Å². The molecule has 0 saturated heterocycles. The van der Waals surface area contributed by atoms with E-state index in [2.05, 4.69) is 10.3 Å². The van der Waals surface area contributed by atoms with Gasteiger partial charge in [-0.1, -0.05) is 13.8 Å². The van der Waals surface area contributed by atoms with Gasteiger partial charge in [0.05, 0.1) is 11.8 Å². The van der Waals surface area contributed by atoms with Crippen molar-refractivity contribution in [3.8, 4) is 5.75 Å². The molecule has 1 amide bonds. The van der Waals surface area contributed by atoms with Gasteiger partial charge in [-0.05, 0) is 18.4 Å². The molecule has 6 nitrogen and oxygen atoms in total. The number of carboxylic acids is 1. The van der Waals surface area contributed by atoms with Gasteiger partial charge >= 0.3 is 5.97 Å². The van der Waals surface area contributed by atoms with Crippen molar-refractivity contribution in [2.75, 3.05) is 0 Å².